The molecule has 1 aliphatic rings. The molecule has 1 unspecified atom stereocenters. The fourth-order valence-corrected chi connectivity index (χ4v) is 2.22. The summed E-state index contributed by atoms with van der Waals surface area (Å²) in [6.07, 6.45) is 2.04. The molecule has 1 heterocycles. The fourth-order valence-electron chi connectivity index (χ4n) is 1.62. The molecule has 1 aromatic rings. The molecule has 0 amide bonds. The quantitative estimate of drug-likeness (QED) is 0.619. The van der Waals surface area contributed by atoms with Crippen LogP contribution in [0.1, 0.15) is 12.5 Å². The molecule has 0 N–H and O–H groups in total. The molecule has 0 spiro atoms. The highest BCUT2D eigenvalue weighted by molar-refractivity contribution is 7.84. The van der Waals surface area contributed by atoms with Crippen molar-refractivity contribution in [3.05, 3.63) is 35.9 Å². The number of benzene rings is 1. The van der Waals surface area contributed by atoms with Gasteiger partial charge in [-0.05, 0) is 12.5 Å². The molecule has 0 radical (unpaired) electrons. The molecule has 5 nitrogen and oxygen atoms in total. The fraction of sp³-hybridized carbons (Fsp3) is 0.462. The van der Waals surface area contributed by atoms with Gasteiger partial charge in [0.05, 0.1) is 36.0 Å². The summed E-state index contributed by atoms with van der Waals surface area (Å²) in [5, 5.41) is 0. The van der Waals surface area contributed by atoms with Crippen LogP contribution in [0.15, 0.2) is 35.3 Å². The lowest BCUT2D eigenvalue weighted by molar-refractivity contribution is -0.805. The van der Waals surface area contributed by atoms with Gasteiger partial charge in [0.25, 0.3) is 0 Å². The average molecular weight is 284 g/mol. The minimum Gasteiger partial charge on any atom is -0.748 e. The van der Waals surface area contributed by atoms with E-state index in [1.54, 1.807) is 30.3 Å². The number of hydrogen-bond donors (Lipinski definition) is 0. The average Bonchev–Trinajstić information content (AvgIpc) is 2.77. The number of rotatable bonds is 3. The van der Waals surface area contributed by atoms with Gasteiger partial charge in [-0.2, -0.15) is 0 Å². The SMILES string of the molecule is CC[N+]1(C)C=NCC1.O=S(=O)([O-])Cc1ccccc1. The van der Waals surface area contributed by atoms with Gasteiger partial charge in [0.1, 0.15) is 6.54 Å². The summed E-state index contributed by atoms with van der Waals surface area (Å²) in [5.41, 5.74) is 0.530. The van der Waals surface area contributed by atoms with Gasteiger partial charge in [-0.3, -0.25) is 4.48 Å². The van der Waals surface area contributed by atoms with E-state index in [1.807, 2.05) is 6.34 Å². The minimum atomic E-state index is -4.13. The van der Waals surface area contributed by atoms with Crippen LogP contribution in [0, 0.1) is 0 Å². The first kappa shape index (κ1) is 15.8. The van der Waals surface area contributed by atoms with Crippen LogP contribution in [0.2, 0.25) is 0 Å². The Morgan fingerprint density at radius 3 is 2.32 bits per heavy atom. The number of quaternary nitrogens is 1. The Morgan fingerprint density at radius 1 is 1.32 bits per heavy atom. The molecule has 2 rings (SSSR count). The van der Waals surface area contributed by atoms with E-state index in [4.69, 9.17) is 0 Å². The summed E-state index contributed by atoms with van der Waals surface area (Å²) >= 11 is 0. The van der Waals surface area contributed by atoms with Gasteiger partial charge in [0, 0.05) is 0 Å². The first-order valence-electron chi connectivity index (χ1n) is 6.17. The second-order valence-corrected chi connectivity index (χ2v) is 6.13. The number of aliphatic imine (C=N–C) groups is 1. The van der Waals surface area contributed by atoms with Crippen LogP contribution >= 0.6 is 0 Å². The van der Waals surface area contributed by atoms with Crippen LogP contribution in [-0.2, 0) is 15.9 Å². The standard InChI is InChI=1S/C7H8O3S.C6H13N2/c8-11(9,10)6-7-4-2-1-3-5-7;1-3-8(2)5-4-7-6-8/h1-5H,6H2,(H,8,9,10);6H,3-5H2,1-2H3/q;+1/p-1. The van der Waals surface area contributed by atoms with E-state index in [1.165, 1.54) is 13.1 Å². The molecular weight excluding hydrogens is 264 g/mol. The molecule has 6 heteroatoms. The molecule has 0 aliphatic carbocycles. The molecule has 106 valence electrons. The molecule has 1 aliphatic heterocycles. The predicted octanol–water partition coefficient (Wildman–Crippen LogP) is 1.23. The first-order chi connectivity index (χ1) is 8.85. The minimum absolute atomic E-state index is 0.423. The highest BCUT2D eigenvalue weighted by Crippen LogP contribution is 2.03. The van der Waals surface area contributed by atoms with Gasteiger partial charge in [0.2, 0.25) is 0 Å². The lowest BCUT2D eigenvalue weighted by Crippen LogP contribution is -2.40. The summed E-state index contributed by atoms with van der Waals surface area (Å²) < 4.78 is 31.8. The van der Waals surface area contributed by atoms with Crippen molar-refractivity contribution >= 4 is 16.5 Å². The summed E-state index contributed by atoms with van der Waals surface area (Å²) in [5.74, 6) is -0.423. The van der Waals surface area contributed by atoms with Gasteiger partial charge < -0.3 is 4.55 Å². The predicted molar refractivity (Wildman–Crippen MR) is 74.8 cm³/mol. The Balaban J connectivity index is 0.000000200. The highest BCUT2D eigenvalue weighted by atomic mass is 32.2. The monoisotopic (exact) mass is 284 g/mol. The number of nitrogens with zero attached hydrogens (tertiary/aromatic N) is 2. The third-order valence-electron chi connectivity index (χ3n) is 3.01. The van der Waals surface area contributed by atoms with Crippen LogP contribution in [0.25, 0.3) is 0 Å². The molecule has 0 saturated carbocycles. The molecule has 0 aromatic heterocycles. The van der Waals surface area contributed by atoms with Crippen molar-refractivity contribution in [1.82, 2.24) is 0 Å². The molecule has 19 heavy (non-hydrogen) atoms. The van der Waals surface area contributed by atoms with E-state index in [-0.39, 0.29) is 0 Å². The Kier molecular flexibility index (Phi) is 5.65. The van der Waals surface area contributed by atoms with Crippen molar-refractivity contribution in [3.63, 3.8) is 0 Å². The second-order valence-electron chi connectivity index (χ2n) is 4.73. The van der Waals surface area contributed by atoms with Crippen LogP contribution in [0.4, 0.5) is 0 Å². The zero-order valence-corrected chi connectivity index (χ0v) is 12.1. The topological polar surface area (TPSA) is 69.6 Å². The Labute approximate surface area is 114 Å². The van der Waals surface area contributed by atoms with Crippen LogP contribution < -0.4 is 0 Å². The lowest BCUT2D eigenvalue weighted by atomic mass is 10.2. The normalized spacial score (nSPS) is 21.8. The second kappa shape index (κ2) is 6.79. The number of likely N-dealkylation sites (N-methyl/N-ethyl adjacent to an activating group) is 1. The van der Waals surface area contributed by atoms with Crippen LogP contribution in [-0.4, -0.2) is 50.5 Å². The molecule has 0 bridgehead atoms. The number of hydrogen-bond acceptors (Lipinski definition) is 4. The molecule has 0 saturated heterocycles. The van der Waals surface area contributed by atoms with Crippen molar-refractivity contribution in [2.24, 2.45) is 4.99 Å². The van der Waals surface area contributed by atoms with Gasteiger partial charge >= 0.3 is 0 Å². The van der Waals surface area contributed by atoms with Crippen molar-refractivity contribution in [2.75, 3.05) is 26.7 Å². The van der Waals surface area contributed by atoms with Gasteiger partial charge in [-0.25, -0.2) is 13.4 Å². The van der Waals surface area contributed by atoms with Gasteiger partial charge in [-0.1, -0.05) is 30.3 Å². The van der Waals surface area contributed by atoms with Gasteiger partial charge in [0.15, 0.2) is 6.34 Å². The van der Waals surface area contributed by atoms with Gasteiger partial charge in [-0.15, -0.1) is 0 Å². The van der Waals surface area contributed by atoms with E-state index < -0.39 is 15.9 Å². The van der Waals surface area contributed by atoms with E-state index in [9.17, 15) is 13.0 Å². The molecule has 1 aromatic carbocycles. The Bertz CT molecular complexity index is 514. The molecule has 0 fully saturated rings. The maximum atomic E-state index is 10.2. The summed E-state index contributed by atoms with van der Waals surface area (Å²) in [7, 11) is -1.92. The molecule has 1 atom stereocenters. The van der Waals surface area contributed by atoms with E-state index in [0.717, 1.165) is 11.0 Å². The Hall–Kier alpha value is -1.24. The third kappa shape index (κ3) is 6.47. The zero-order chi connectivity index (χ0) is 14.4. The summed E-state index contributed by atoms with van der Waals surface area (Å²) in [6.45, 7) is 5.57. The van der Waals surface area contributed by atoms with Crippen molar-refractivity contribution in [1.29, 1.82) is 0 Å². The van der Waals surface area contributed by atoms with Crippen molar-refractivity contribution in [2.45, 2.75) is 12.7 Å². The molecular formula is C13H20N2O3S. The third-order valence-corrected chi connectivity index (χ3v) is 3.70. The van der Waals surface area contributed by atoms with E-state index in [2.05, 4.69) is 19.0 Å². The highest BCUT2D eigenvalue weighted by Gasteiger charge is 2.19. The maximum Gasteiger partial charge on any atom is 0.185 e. The van der Waals surface area contributed by atoms with Crippen LogP contribution in [0.3, 0.4) is 0 Å². The van der Waals surface area contributed by atoms with Crippen molar-refractivity contribution in [3.8, 4) is 0 Å². The first-order valence-corrected chi connectivity index (χ1v) is 7.75. The maximum absolute atomic E-state index is 10.2. The smallest absolute Gasteiger partial charge is 0.185 e. The Morgan fingerprint density at radius 2 is 1.95 bits per heavy atom. The largest absolute Gasteiger partial charge is 0.748 e. The van der Waals surface area contributed by atoms with E-state index >= 15 is 0 Å². The van der Waals surface area contributed by atoms with Crippen LogP contribution in [0.5, 0.6) is 0 Å². The van der Waals surface area contributed by atoms with E-state index in [0.29, 0.717) is 5.56 Å². The zero-order valence-electron chi connectivity index (χ0n) is 11.3. The summed E-state index contributed by atoms with van der Waals surface area (Å²) in [4.78, 5) is 4.15. The van der Waals surface area contributed by atoms with Crippen molar-refractivity contribution < 1.29 is 17.5 Å². The lowest BCUT2D eigenvalue weighted by Gasteiger charge is -2.21. The summed E-state index contributed by atoms with van der Waals surface area (Å²) in [6, 6.07) is 8.37.